The van der Waals surface area contributed by atoms with E-state index in [2.05, 4.69) is 13.5 Å². The van der Waals surface area contributed by atoms with Gasteiger partial charge in [0.1, 0.15) is 0 Å². The highest BCUT2D eigenvalue weighted by Gasteiger charge is 2.18. The lowest BCUT2D eigenvalue weighted by molar-refractivity contribution is -0.132. The highest BCUT2D eigenvalue weighted by atomic mass is 32.2. The average molecular weight is 230 g/mol. The number of carbonyl (C=O) groups is 1. The zero-order chi connectivity index (χ0) is 11.7. The van der Waals surface area contributed by atoms with E-state index in [-0.39, 0.29) is 11.9 Å². The van der Waals surface area contributed by atoms with Crippen molar-refractivity contribution in [3.63, 3.8) is 0 Å². The molecule has 1 amide bonds. The molecule has 0 bridgehead atoms. The molecular formula is C11H22N2OS. The molecule has 0 unspecified atom stereocenters. The highest BCUT2D eigenvalue weighted by Crippen LogP contribution is 2.03. The van der Waals surface area contributed by atoms with Crippen LogP contribution in [0.1, 0.15) is 19.8 Å². The molecule has 0 aromatic heterocycles. The van der Waals surface area contributed by atoms with Crippen LogP contribution in [-0.4, -0.2) is 41.9 Å². The Morgan fingerprint density at radius 2 is 2.33 bits per heavy atom. The van der Waals surface area contributed by atoms with Crippen LogP contribution in [0.15, 0.2) is 12.7 Å². The van der Waals surface area contributed by atoms with Crippen molar-refractivity contribution < 1.29 is 4.79 Å². The largest absolute Gasteiger partial charge is 0.338 e. The Morgan fingerprint density at radius 1 is 1.67 bits per heavy atom. The van der Waals surface area contributed by atoms with E-state index < -0.39 is 0 Å². The predicted molar refractivity (Wildman–Crippen MR) is 68.0 cm³/mol. The lowest BCUT2D eigenvalue weighted by Gasteiger charge is -2.23. The summed E-state index contributed by atoms with van der Waals surface area (Å²) in [6.45, 7) is 7.06. The molecule has 0 heterocycles. The normalized spacial score (nSPS) is 12.2. The van der Waals surface area contributed by atoms with E-state index in [9.17, 15) is 4.79 Å². The van der Waals surface area contributed by atoms with Gasteiger partial charge in [0, 0.05) is 13.1 Å². The zero-order valence-corrected chi connectivity index (χ0v) is 10.6. The fourth-order valence-corrected chi connectivity index (χ4v) is 1.81. The molecule has 0 aliphatic carbocycles. The maximum atomic E-state index is 11.9. The predicted octanol–water partition coefficient (Wildman–Crippen LogP) is 1.49. The number of hydrogen-bond donors (Lipinski definition) is 1. The molecule has 0 spiro atoms. The van der Waals surface area contributed by atoms with E-state index in [1.54, 1.807) is 22.7 Å². The van der Waals surface area contributed by atoms with Gasteiger partial charge in [-0.1, -0.05) is 13.0 Å². The molecular weight excluding hydrogens is 208 g/mol. The Hall–Kier alpha value is -0.480. The Bertz CT molecular complexity index is 197. The summed E-state index contributed by atoms with van der Waals surface area (Å²) < 4.78 is 0. The van der Waals surface area contributed by atoms with Gasteiger partial charge in [0.25, 0.3) is 0 Å². The molecule has 0 fully saturated rings. The highest BCUT2D eigenvalue weighted by molar-refractivity contribution is 7.98. The van der Waals surface area contributed by atoms with Gasteiger partial charge in [-0.05, 0) is 24.9 Å². The number of rotatable bonds is 8. The number of hydrogen-bond acceptors (Lipinski definition) is 3. The molecule has 15 heavy (non-hydrogen) atoms. The summed E-state index contributed by atoms with van der Waals surface area (Å²) in [4.78, 5) is 13.6. The van der Waals surface area contributed by atoms with Crippen LogP contribution in [0.25, 0.3) is 0 Å². The smallest absolute Gasteiger partial charge is 0.239 e. The Morgan fingerprint density at radius 3 is 2.80 bits per heavy atom. The van der Waals surface area contributed by atoms with Crippen LogP contribution in [0.2, 0.25) is 0 Å². The first-order valence-electron chi connectivity index (χ1n) is 5.31. The monoisotopic (exact) mass is 230 g/mol. The first kappa shape index (κ1) is 14.5. The maximum Gasteiger partial charge on any atom is 0.239 e. The minimum absolute atomic E-state index is 0.0470. The van der Waals surface area contributed by atoms with Gasteiger partial charge < -0.3 is 10.6 Å². The average Bonchev–Trinajstić information content (AvgIpc) is 2.24. The Kier molecular flexibility index (Phi) is 8.52. The van der Waals surface area contributed by atoms with Crippen molar-refractivity contribution in [2.75, 3.05) is 25.1 Å². The molecule has 4 heteroatoms. The van der Waals surface area contributed by atoms with Crippen molar-refractivity contribution in [2.45, 2.75) is 25.8 Å². The van der Waals surface area contributed by atoms with Crippen LogP contribution in [0.3, 0.4) is 0 Å². The van der Waals surface area contributed by atoms with Gasteiger partial charge in [-0.25, -0.2) is 0 Å². The van der Waals surface area contributed by atoms with Gasteiger partial charge >= 0.3 is 0 Å². The van der Waals surface area contributed by atoms with Gasteiger partial charge in [-0.15, -0.1) is 6.58 Å². The van der Waals surface area contributed by atoms with Gasteiger partial charge in [-0.3, -0.25) is 4.79 Å². The van der Waals surface area contributed by atoms with E-state index in [4.69, 9.17) is 5.73 Å². The van der Waals surface area contributed by atoms with E-state index >= 15 is 0 Å². The van der Waals surface area contributed by atoms with E-state index in [1.165, 1.54) is 0 Å². The summed E-state index contributed by atoms with van der Waals surface area (Å²) in [7, 11) is 0. The minimum atomic E-state index is -0.357. The first-order chi connectivity index (χ1) is 7.17. The van der Waals surface area contributed by atoms with Crippen molar-refractivity contribution >= 4 is 17.7 Å². The summed E-state index contributed by atoms with van der Waals surface area (Å²) in [6.07, 6.45) is 5.46. The molecule has 3 nitrogen and oxygen atoms in total. The molecule has 0 aromatic carbocycles. The van der Waals surface area contributed by atoms with E-state index in [0.717, 1.165) is 25.1 Å². The SMILES string of the molecule is C=CCN(CCC)C(=O)[C@@H](N)CCSC. The number of nitrogens with two attached hydrogens (primary N) is 1. The fraction of sp³-hybridized carbons (Fsp3) is 0.727. The van der Waals surface area contributed by atoms with Gasteiger partial charge in [0.05, 0.1) is 6.04 Å². The van der Waals surface area contributed by atoms with Crippen LogP contribution in [0, 0.1) is 0 Å². The molecule has 0 radical (unpaired) electrons. The lowest BCUT2D eigenvalue weighted by atomic mass is 10.2. The second-order valence-electron chi connectivity index (χ2n) is 3.46. The third-order valence-electron chi connectivity index (χ3n) is 2.10. The molecule has 0 aliphatic rings. The van der Waals surface area contributed by atoms with E-state index in [1.807, 2.05) is 6.26 Å². The Labute approximate surface area is 97.1 Å². The molecule has 88 valence electrons. The molecule has 0 aliphatic heterocycles. The maximum absolute atomic E-state index is 11.9. The van der Waals surface area contributed by atoms with Crippen molar-refractivity contribution in [3.8, 4) is 0 Å². The van der Waals surface area contributed by atoms with Crippen molar-refractivity contribution in [2.24, 2.45) is 5.73 Å². The molecule has 0 saturated carbocycles. The number of amides is 1. The summed E-state index contributed by atoms with van der Waals surface area (Å²) in [6, 6.07) is -0.357. The molecule has 1 atom stereocenters. The van der Waals surface area contributed by atoms with Gasteiger partial charge in [0.15, 0.2) is 0 Å². The van der Waals surface area contributed by atoms with Crippen molar-refractivity contribution in [3.05, 3.63) is 12.7 Å². The quantitative estimate of drug-likeness (QED) is 0.643. The van der Waals surface area contributed by atoms with E-state index in [0.29, 0.717) is 6.54 Å². The third-order valence-corrected chi connectivity index (χ3v) is 2.75. The summed E-state index contributed by atoms with van der Waals surface area (Å²) >= 11 is 1.71. The van der Waals surface area contributed by atoms with Crippen LogP contribution >= 0.6 is 11.8 Å². The van der Waals surface area contributed by atoms with Gasteiger partial charge in [-0.2, -0.15) is 11.8 Å². The number of carbonyl (C=O) groups excluding carboxylic acids is 1. The number of thioether (sulfide) groups is 1. The summed E-state index contributed by atoms with van der Waals surface area (Å²) in [5, 5.41) is 0. The second kappa shape index (κ2) is 8.80. The molecule has 0 aromatic rings. The second-order valence-corrected chi connectivity index (χ2v) is 4.45. The lowest BCUT2D eigenvalue weighted by Crippen LogP contribution is -2.44. The molecule has 0 rings (SSSR count). The van der Waals surface area contributed by atoms with Crippen LogP contribution < -0.4 is 5.73 Å². The van der Waals surface area contributed by atoms with Crippen LogP contribution in [0.5, 0.6) is 0 Å². The number of nitrogens with zero attached hydrogens (tertiary/aromatic N) is 1. The summed E-state index contributed by atoms with van der Waals surface area (Å²) in [5.41, 5.74) is 5.83. The van der Waals surface area contributed by atoms with Crippen molar-refractivity contribution in [1.29, 1.82) is 0 Å². The zero-order valence-electron chi connectivity index (χ0n) is 9.74. The summed E-state index contributed by atoms with van der Waals surface area (Å²) in [5.74, 6) is 0.979. The first-order valence-corrected chi connectivity index (χ1v) is 6.70. The van der Waals surface area contributed by atoms with Gasteiger partial charge in [0.2, 0.25) is 5.91 Å². The standard InChI is InChI=1S/C11H22N2OS/c1-4-7-13(8-5-2)11(14)10(12)6-9-15-3/h4,10H,1,5-9,12H2,2-3H3/t10-/m0/s1. The minimum Gasteiger partial charge on any atom is -0.338 e. The fourth-order valence-electron chi connectivity index (χ4n) is 1.32. The topological polar surface area (TPSA) is 46.3 Å². The van der Waals surface area contributed by atoms with Crippen molar-refractivity contribution in [1.82, 2.24) is 4.90 Å². The molecule has 0 saturated heterocycles. The van der Waals surface area contributed by atoms with Crippen LogP contribution in [-0.2, 0) is 4.79 Å². The Balaban J connectivity index is 4.14. The third kappa shape index (κ3) is 5.85. The van der Waals surface area contributed by atoms with Crippen LogP contribution in [0.4, 0.5) is 0 Å². The molecule has 2 N–H and O–H groups in total.